The van der Waals surface area contributed by atoms with E-state index in [0.717, 1.165) is 55.4 Å². The predicted octanol–water partition coefficient (Wildman–Crippen LogP) is 0.614. The van der Waals surface area contributed by atoms with Crippen LogP contribution in [0, 0.1) is 11.8 Å². The Kier molecular flexibility index (Phi) is 17.8. The zero-order valence-corrected chi connectivity index (χ0v) is 34.4. The molecule has 21 heteroatoms. The molecule has 15 unspecified atom stereocenters. The van der Waals surface area contributed by atoms with Gasteiger partial charge < -0.3 is 61.6 Å². The van der Waals surface area contributed by atoms with Crippen molar-refractivity contribution in [1.82, 2.24) is 0 Å². The van der Waals surface area contributed by atoms with Gasteiger partial charge in [-0.25, -0.2) is 0 Å². The minimum absolute atomic E-state index is 0.396. The van der Waals surface area contributed by atoms with E-state index in [1.165, 1.54) is 0 Å². The van der Waals surface area contributed by atoms with Gasteiger partial charge in [0.1, 0.15) is 49.8 Å². The van der Waals surface area contributed by atoms with Crippen LogP contribution in [-0.2, 0) is 99.9 Å². The van der Waals surface area contributed by atoms with E-state index in [0.29, 0.717) is 0 Å². The molecular weight excluding hydrogens is 780 g/mol. The third kappa shape index (κ3) is 13.6. The van der Waals surface area contributed by atoms with Crippen molar-refractivity contribution in [3.63, 3.8) is 0 Å². The van der Waals surface area contributed by atoms with Gasteiger partial charge in [-0.3, -0.25) is 38.4 Å². The highest BCUT2D eigenvalue weighted by atomic mass is 16.7. The molecule has 3 aliphatic rings. The molecule has 3 aliphatic heterocycles. The van der Waals surface area contributed by atoms with Crippen molar-refractivity contribution >= 4 is 47.8 Å². The SMILES string of the molecule is CC(=O)OCC1OC(OCC2OC(C)C(OC3OC(COC(C)=O)C(OC(C)=O)C(OC(C)=O)C3C)C(OC(C)=O)C2OC(C)=O)C(C)C(OC(C)=O)C1OC(C)=O. The Morgan fingerprint density at radius 2 is 0.707 bits per heavy atom. The van der Waals surface area contributed by atoms with Gasteiger partial charge in [0.2, 0.25) is 0 Å². The lowest BCUT2D eigenvalue weighted by atomic mass is 9.90. The van der Waals surface area contributed by atoms with E-state index in [9.17, 15) is 38.4 Å². The van der Waals surface area contributed by atoms with Gasteiger partial charge in [0, 0.05) is 67.2 Å². The molecule has 328 valence electrons. The Hall–Kier alpha value is -4.44. The van der Waals surface area contributed by atoms with Gasteiger partial charge >= 0.3 is 47.8 Å². The smallest absolute Gasteiger partial charge is 0.303 e. The minimum Gasteiger partial charge on any atom is -0.463 e. The van der Waals surface area contributed by atoms with Crippen LogP contribution in [0.2, 0.25) is 0 Å². The van der Waals surface area contributed by atoms with Crippen molar-refractivity contribution in [2.75, 3.05) is 19.8 Å². The summed E-state index contributed by atoms with van der Waals surface area (Å²) >= 11 is 0. The molecule has 0 amide bonds. The molecule has 0 N–H and O–H groups in total. The molecule has 0 aromatic rings. The average Bonchev–Trinajstić information content (AvgIpc) is 3.09. The number of ether oxygens (including phenoxy) is 13. The first-order valence-electron chi connectivity index (χ1n) is 18.6. The van der Waals surface area contributed by atoms with Crippen molar-refractivity contribution in [3.8, 4) is 0 Å². The van der Waals surface area contributed by atoms with Crippen molar-refractivity contribution in [1.29, 1.82) is 0 Å². The largest absolute Gasteiger partial charge is 0.463 e. The summed E-state index contributed by atoms with van der Waals surface area (Å²) in [5.41, 5.74) is 0. The van der Waals surface area contributed by atoms with E-state index in [-0.39, 0.29) is 0 Å². The second kappa shape index (κ2) is 21.5. The number of carbonyl (C=O) groups is 8. The molecule has 58 heavy (non-hydrogen) atoms. The second-order valence-electron chi connectivity index (χ2n) is 14.2. The fraction of sp³-hybridized carbons (Fsp3) is 0.784. The molecule has 3 saturated heterocycles. The van der Waals surface area contributed by atoms with Gasteiger partial charge in [0.25, 0.3) is 0 Å². The van der Waals surface area contributed by atoms with Crippen LogP contribution in [0.15, 0.2) is 0 Å². The zero-order chi connectivity index (χ0) is 43.6. The highest BCUT2D eigenvalue weighted by Gasteiger charge is 2.55. The van der Waals surface area contributed by atoms with E-state index in [4.69, 9.17) is 61.6 Å². The lowest BCUT2D eigenvalue weighted by Gasteiger charge is -2.49. The topological polar surface area (TPSA) is 257 Å². The molecule has 0 aromatic heterocycles. The molecular formula is C37H54O21. The van der Waals surface area contributed by atoms with Crippen molar-refractivity contribution in [2.24, 2.45) is 11.8 Å². The first-order chi connectivity index (χ1) is 27.1. The molecule has 0 aliphatic carbocycles. The quantitative estimate of drug-likeness (QED) is 0.162. The van der Waals surface area contributed by atoms with Crippen LogP contribution < -0.4 is 0 Å². The highest BCUT2D eigenvalue weighted by molar-refractivity contribution is 5.69. The van der Waals surface area contributed by atoms with E-state index >= 15 is 0 Å². The normalized spacial score (nSPS) is 34.6. The molecule has 0 spiro atoms. The lowest BCUT2D eigenvalue weighted by Crippen LogP contribution is -2.64. The lowest BCUT2D eigenvalue weighted by molar-refractivity contribution is -0.336. The van der Waals surface area contributed by atoms with Gasteiger partial charge in [-0.2, -0.15) is 0 Å². The molecule has 0 aromatic carbocycles. The van der Waals surface area contributed by atoms with Gasteiger partial charge in [-0.15, -0.1) is 0 Å². The molecule has 0 radical (unpaired) electrons. The third-order valence-electron chi connectivity index (χ3n) is 9.19. The summed E-state index contributed by atoms with van der Waals surface area (Å²) in [7, 11) is 0. The fourth-order valence-electron chi connectivity index (χ4n) is 6.92. The summed E-state index contributed by atoms with van der Waals surface area (Å²) in [4.78, 5) is 97.1. The van der Waals surface area contributed by atoms with Crippen LogP contribution in [0.4, 0.5) is 0 Å². The molecule has 3 fully saturated rings. The molecule has 3 heterocycles. The second-order valence-corrected chi connectivity index (χ2v) is 14.2. The van der Waals surface area contributed by atoms with Crippen LogP contribution in [0.3, 0.4) is 0 Å². The van der Waals surface area contributed by atoms with Crippen LogP contribution in [0.1, 0.15) is 76.2 Å². The summed E-state index contributed by atoms with van der Waals surface area (Å²) in [6.45, 7) is 12.7. The number of carbonyl (C=O) groups excluding carboxylic acids is 8. The van der Waals surface area contributed by atoms with E-state index in [1.807, 2.05) is 0 Å². The average molecular weight is 835 g/mol. The Morgan fingerprint density at radius 3 is 1.10 bits per heavy atom. The minimum atomic E-state index is -1.40. The molecule has 15 atom stereocenters. The number of esters is 8. The van der Waals surface area contributed by atoms with E-state index < -0.39 is 159 Å². The number of hydrogen-bond acceptors (Lipinski definition) is 21. The van der Waals surface area contributed by atoms with Crippen LogP contribution in [0.5, 0.6) is 0 Å². The summed E-state index contributed by atoms with van der Waals surface area (Å²) in [6.07, 6.45) is -15.8. The first-order valence-corrected chi connectivity index (χ1v) is 18.6. The van der Waals surface area contributed by atoms with E-state index in [1.54, 1.807) is 20.8 Å². The Labute approximate surface area is 335 Å². The third-order valence-corrected chi connectivity index (χ3v) is 9.19. The summed E-state index contributed by atoms with van der Waals surface area (Å²) in [5, 5.41) is 0. The van der Waals surface area contributed by atoms with Crippen molar-refractivity contribution < 1.29 is 99.9 Å². The maximum atomic E-state index is 12.6. The molecule has 0 bridgehead atoms. The van der Waals surface area contributed by atoms with Crippen molar-refractivity contribution in [3.05, 3.63) is 0 Å². The van der Waals surface area contributed by atoms with Gasteiger partial charge in [0.15, 0.2) is 37.0 Å². The molecule has 0 saturated carbocycles. The molecule has 21 nitrogen and oxygen atoms in total. The highest BCUT2D eigenvalue weighted by Crippen LogP contribution is 2.37. The first kappa shape index (κ1) is 47.9. The zero-order valence-electron chi connectivity index (χ0n) is 34.4. The summed E-state index contributed by atoms with van der Waals surface area (Å²) < 4.78 is 74.8. The maximum Gasteiger partial charge on any atom is 0.303 e. The van der Waals surface area contributed by atoms with Crippen LogP contribution >= 0.6 is 0 Å². The van der Waals surface area contributed by atoms with Crippen LogP contribution in [0.25, 0.3) is 0 Å². The standard InChI is InChI=1S/C37H54O21/c1-15-29(50-20(6)40)32(52-22(8)42)27(12-46-18(4)38)56-36(15)48-14-26-34(54-24(10)44)35(55-25(11)45)31(17(3)49-26)58-37-16(2)30(51-21(7)41)33(53-23(9)43)28(57-37)13-47-19(5)39/h15-17,26-37H,12-14H2,1-11H3. The number of rotatable bonds is 15. The summed E-state index contributed by atoms with van der Waals surface area (Å²) in [6, 6.07) is 0. The fourth-order valence-corrected chi connectivity index (χ4v) is 6.92. The van der Waals surface area contributed by atoms with Gasteiger partial charge in [0.05, 0.1) is 12.7 Å². The molecule has 3 rings (SSSR count). The maximum absolute atomic E-state index is 12.6. The Balaban J connectivity index is 1.96. The predicted molar refractivity (Wildman–Crippen MR) is 187 cm³/mol. The van der Waals surface area contributed by atoms with Crippen LogP contribution in [-0.4, -0.2) is 147 Å². The summed E-state index contributed by atoms with van der Waals surface area (Å²) in [5.74, 6) is -7.47. The van der Waals surface area contributed by atoms with Gasteiger partial charge in [-0.05, 0) is 6.92 Å². The Bertz CT molecular complexity index is 1500. The van der Waals surface area contributed by atoms with Crippen molar-refractivity contribution in [2.45, 2.75) is 156 Å². The van der Waals surface area contributed by atoms with Gasteiger partial charge in [-0.1, -0.05) is 13.8 Å². The van der Waals surface area contributed by atoms with E-state index in [2.05, 4.69) is 0 Å². The number of hydrogen-bond donors (Lipinski definition) is 0. The monoisotopic (exact) mass is 834 g/mol. The Morgan fingerprint density at radius 1 is 0.379 bits per heavy atom.